The summed E-state index contributed by atoms with van der Waals surface area (Å²) in [5.41, 5.74) is 1.78. The molecule has 3 rings (SSSR count). The van der Waals surface area contributed by atoms with E-state index in [1.807, 2.05) is 24.3 Å². The summed E-state index contributed by atoms with van der Waals surface area (Å²) in [6.07, 6.45) is 3.23. The third-order valence-electron chi connectivity index (χ3n) is 3.97. The number of ether oxygens (including phenoxy) is 2. The van der Waals surface area contributed by atoms with Crippen molar-refractivity contribution in [2.75, 3.05) is 7.11 Å². The van der Waals surface area contributed by atoms with Crippen molar-refractivity contribution in [3.63, 3.8) is 0 Å². The van der Waals surface area contributed by atoms with Gasteiger partial charge in [-0.15, -0.1) is 0 Å². The van der Waals surface area contributed by atoms with Gasteiger partial charge >= 0.3 is 5.97 Å². The number of hydrogen-bond acceptors (Lipinski definition) is 4. The summed E-state index contributed by atoms with van der Waals surface area (Å²) < 4.78 is 10.4. The maximum Gasteiger partial charge on any atom is 0.343 e. The Morgan fingerprint density at radius 1 is 0.786 bits per heavy atom. The molecule has 0 saturated heterocycles. The van der Waals surface area contributed by atoms with Gasteiger partial charge in [-0.05, 0) is 72.3 Å². The van der Waals surface area contributed by atoms with Crippen LogP contribution in [0.15, 0.2) is 78.9 Å². The second-order valence-electron chi connectivity index (χ2n) is 5.89. The zero-order chi connectivity index (χ0) is 19.9. The maximum atomic E-state index is 12.3. The molecule has 0 atom stereocenters. The van der Waals surface area contributed by atoms with E-state index in [4.69, 9.17) is 21.1 Å². The number of benzene rings is 3. The van der Waals surface area contributed by atoms with Gasteiger partial charge < -0.3 is 9.47 Å². The quantitative estimate of drug-likeness (QED) is 0.242. The highest BCUT2D eigenvalue weighted by Gasteiger charge is 2.09. The molecule has 3 aromatic carbocycles. The van der Waals surface area contributed by atoms with Crippen molar-refractivity contribution < 1.29 is 19.1 Å². The van der Waals surface area contributed by atoms with Crippen LogP contribution >= 0.6 is 11.6 Å². The molecule has 0 radical (unpaired) electrons. The smallest absolute Gasteiger partial charge is 0.343 e. The van der Waals surface area contributed by atoms with E-state index in [2.05, 4.69) is 0 Å². The number of carbonyl (C=O) groups excluding carboxylic acids is 2. The molecule has 0 aliphatic carbocycles. The number of methoxy groups -OCH3 is 1. The summed E-state index contributed by atoms with van der Waals surface area (Å²) in [4.78, 5) is 24.4. The molecule has 0 N–H and O–H groups in total. The third kappa shape index (κ3) is 5.09. The van der Waals surface area contributed by atoms with Crippen LogP contribution in [0.25, 0.3) is 6.08 Å². The second kappa shape index (κ2) is 9.02. The molecule has 140 valence electrons. The Labute approximate surface area is 168 Å². The number of esters is 1. The molecule has 3 aromatic rings. The number of ketones is 1. The highest BCUT2D eigenvalue weighted by atomic mass is 35.5. The fourth-order valence-electron chi connectivity index (χ4n) is 2.42. The molecule has 0 spiro atoms. The standard InChI is InChI=1S/C23H17ClO4/c1-27-20-11-2-16(3-12-20)4-15-22(25)17-7-13-21(14-8-17)28-23(26)18-5-9-19(24)10-6-18/h2-15H,1H3. The summed E-state index contributed by atoms with van der Waals surface area (Å²) in [5, 5.41) is 0.544. The lowest BCUT2D eigenvalue weighted by Gasteiger charge is -2.05. The first kappa shape index (κ1) is 19.4. The number of hydrogen-bond donors (Lipinski definition) is 0. The number of allylic oxidation sites excluding steroid dienone is 1. The van der Waals surface area contributed by atoms with Gasteiger partial charge in [-0.3, -0.25) is 4.79 Å². The van der Waals surface area contributed by atoms with E-state index in [0.29, 0.717) is 21.9 Å². The largest absolute Gasteiger partial charge is 0.497 e. The van der Waals surface area contributed by atoms with Crippen molar-refractivity contribution in [3.8, 4) is 11.5 Å². The van der Waals surface area contributed by atoms with Crippen molar-refractivity contribution in [1.29, 1.82) is 0 Å². The Morgan fingerprint density at radius 2 is 1.36 bits per heavy atom. The monoisotopic (exact) mass is 392 g/mol. The Bertz CT molecular complexity index is 988. The highest BCUT2D eigenvalue weighted by molar-refractivity contribution is 6.30. The van der Waals surface area contributed by atoms with Gasteiger partial charge in [0.05, 0.1) is 12.7 Å². The van der Waals surface area contributed by atoms with Crippen LogP contribution in [0.1, 0.15) is 26.3 Å². The average molecular weight is 393 g/mol. The average Bonchev–Trinajstić information content (AvgIpc) is 2.73. The van der Waals surface area contributed by atoms with E-state index in [0.717, 1.165) is 11.3 Å². The summed E-state index contributed by atoms with van der Waals surface area (Å²) >= 11 is 5.81. The first-order valence-corrected chi connectivity index (χ1v) is 8.87. The molecule has 28 heavy (non-hydrogen) atoms. The van der Waals surface area contributed by atoms with Gasteiger partial charge in [-0.25, -0.2) is 4.79 Å². The Morgan fingerprint density at radius 3 is 1.96 bits per heavy atom. The minimum atomic E-state index is -0.491. The van der Waals surface area contributed by atoms with Crippen molar-refractivity contribution in [3.05, 3.63) is 101 Å². The number of rotatable bonds is 6. The topological polar surface area (TPSA) is 52.6 Å². The Hall–Kier alpha value is -3.37. The van der Waals surface area contributed by atoms with Crippen LogP contribution in [0.4, 0.5) is 0 Å². The molecule has 0 amide bonds. The van der Waals surface area contributed by atoms with Crippen molar-refractivity contribution in [2.24, 2.45) is 0 Å². The molecule has 4 nitrogen and oxygen atoms in total. The third-order valence-corrected chi connectivity index (χ3v) is 4.22. The first-order valence-electron chi connectivity index (χ1n) is 8.49. The Kier molecular flexibility index (Phi) is 6.25. The Balaban J connectivity index is 1.62. The van der Waals surface area contributed by atoms with Crippen molar-refractivity contribution in [1.82, 2.24) is 0 Å². The van der Waals surface area contributed by atoms with Gasteiger partial charge in [-0.1, -0.05) is 29.8 Å². The molecule has 0 heterocycles. The summed E-state index contributed by atoms with van der Waals surface area (Å²) in [5.74, 6) is 0.476. The van der Waals surface area contributed by atoms with E-state index in [1.165, 1.54) is 6.08 Å². The summed E-state index contributed by atoms with van der Waals surface area (Å²) in [6, 6.07) is 20.2. The van der Waals surface area contributed by atoms with Gasteiger partial charge in [0.2, 0.25) is 0 Å². The van der Waals surface area contributed by atoms with Crippen molar-refractivity contribution >= 4 is 29.4 Å². The highest BCUT2D eigenvalue weighted by Crippen LogP contribution is 2.17. The lowest BCUT2D eigenvalue weighted by molar-refractivity contribution is 0.0734. The fraction of sp³-hybridized carbons (Fsp3) is 0.0435. The molecule has 0 aromatic heterocycles. The molecule has 0 aliphatic heterocycles. The maximum absolute atomic E-state index is 12.3. The number of carbonyl (C=O) groups is 2. The predicted molar refractivity (Wildman–Crippen MR) is 109 cm³/mol. The predicted octanol–water partition coefficient (Wildman–Crippen LogP) is 5.46. The van der Waals surface area contributed by atoms with Crippen LogP contribution in [0.2, 0.25) is 5.02 Å². The second-order valence-corrected chi connectivity index (χ2v) is 6.33. The van der Waals surface area contributed by atoms with Crippen LogP contribution in [-0.4, -0.2) is 18.9 Å². The molecule has 5 heteroatoms. The van der Waals surface area contributed by atoms with Crippen LogP contribution in [-0.2, 0) is 0 Å². The van der Waals surface area contributed by atoms with Crippen LogP contribution in [0.3, 0.4) is 0 Å². The molecular formula is C23H17ClO4. The normalized spacial score (nSPS) is 10.6. The molecule has 0 saturated carbocycles. The fourth-order valence-corrected chi connectivity index (χ4v) is 2.55. The minimum absolute atomic E-state index is 0.147. The van der Waals surface area contributed by atoms with Gasteiger partial charge in [0, 0.05) is 10.6 Å². The van der Waals surface area contributed by atoms with E-state index in [1.54, 1.807) is 61.7 Å². The lowest BCUT2D eigenvalue weighted by Crippen LogP contribution is -2.08. The van der Waals surface area contributed by atoms with Crippen molar-refractivity contribution in [2.45, 2.75) is 0 Å². The van der Waals surface area contributed by atoms with E-state index in [9.17, 15) is 9.59 Å². The molecular weight excluding hydrogens is 376 g/mol. The van der Waals surface area contributed by atoms with Crippen LogP contribution in [0, 0.1) is 0 Å². The summed E-state index contributed by atoms with van der Waals surface area (Å²) in [7, 11) is 1.60. The molecule has 0 unspecified atom stereocenters. The molecule has 0 fully saturated rings. The molecule has 0 aliphatic rings. The number of halogens is 1. The zero-order valence-electron chi connectivity index (χ0n) is 15.1. The van der Waals surface area contributed by atoms with E-state index >= 15 is 0 Å². The molecule has 0 bridgehead atoms. The first-order chi connectivity index (χ1) is 13.5. The minimum Gasteiger partial charge on any atom is -0.497 e. The summed E-state index contributed by atoms with van der Waals surface area (Å²) in [6.45, 7) is 0. The van der Waals surface area contributed by atoms with Gasteiger partial charge in [-0.2, -0.15) is 0 Å². The van der Waals surface area contributed by atoms with Gasteiger partial charge in [0.15, 0.2) is 5.78 Å². The van der Waals surface area contributed by atoms with Gasteiger partial charge in [0.25, 0.3) is 0 Å². The zero-order valence-corrected chi connectivity index (χ0v) is 15.8. The van der Waals surface area contributed by atoms with Gasteiger partial charge in [0.1, 0.15) is 11.5 Å². The van der Waals surface area contributed by atoms with Crippen LogP contribution in [0.5, 0.6) is 11.5 Å². The SMILES string of the molecule is COc1ccc(C=CC(=O)c2ccc(OC(=O)c3ccc(Cl)cc3)cc2)cc1. The van der Waals surface area contributed by atoms with E-state index < -0.39 is 5.97 Å². The van der Waals surface area contributed by atoms with E-state index in [-0.39, 0.29) is 5.78 Å². The van der Waals surface area contributed by atoms with Crippen LogP contribution < -0.4 is 9.47 Å². The lowest BCUT2D eigenvalue weighted by atomic mass is 10.1.